The molecule has 1 N–H and O–H groups in total. The molecule has 1 atom stereocenters. The molecule has 0 aliphatic carbocycles. The molecule has 0 aromatic rings. The van der Waals surface area contributed by atoms with Crippen LogP contribution in [-0.4, -0.2) is 36.7 Å². The van der Waals surface area contributed by atoms with E-state index < -0.39 is 0 Å². The molecule has 0 aromatic heterocycles. The van der Waals surface area contributed by atoms with Crippen LogP contribution < -0.4 is 5.32 Å². The Balaban J connectivity index is 3.73. The number of carbonyl (C=O) groups is 1. The standard InChI is InChI=1S/C10H21NO2S/c1-5-13-10(12)9(11-4)6-7-14-8(2)3/h8-9,11H,5-7H2,1-4H3. The van der Waals surface area contributed by atoms with Crippen LogP contribution in [0.3, 0.4) is 0 Å². The highest BCUT2D eigenvalue weighted by Gasteiger charge is 2.16. The number of hydrogen-bond donors (Lipinski definition) is 1. The van der Waals surface area contributed by atoms with Crippen molar-refractivity contribution in [2.24, 2.45) is 0 Å². The summed E-state index contributed by atoms with van der Waals surface area (Å²) in [6.07, 6.45) is 0.832. The Morgan fingerprint density at radius 2 is 2.14 bits per heavy atom. The molecule has 0 saturated heterocycles. The topological polar surface area (TPSA) is 38.3 Å². The maximum Gasteiger partial charge on any atom is 0.323 e. The van der Waals surface area contributed by atoms with E-state index in [1.54, 1.807) is 7.05 Å². The van der Waals surface area contributed by atoms with Gasteiger partial charge >= 0.3 is 5.97 Å². The molecule has 0 amide bonds. The molecule has 0 saturated carbocycles. The van der Waals surface area contributed by atoms with Crippen molar-refractivity contribution in [1.82, 2.24) is 5.32 Å². The summed E-state index contributed by atoms with van der Waals surface area (Å²) in [5, 5.41) is 3.59. The number of likely N-dealkylation sites (N-methyl/N-ethyl adjacent to an activating group) is 1. The maximum atomic E-state index is 11.4. The Labute approximate surface area is 91.0 Å². The lowest BCUT2D eigenvalue weighted by atomic mass is 10.2. The van der Waals surface area contributed by atoms with E-state index in [2.05, 4.69) is 19.2 Å². The maximum absolute atomic E-state index is 11.4. The molecule has 0 rings (SSSR count). The lowest BCUT2D eigenvalue weighted by Gasteiger charge is -2.14. The van der Waals surface area contributed by atoms with Crippen LogP contribution in [0.4, 0.5) is 0 Å². The molecule has 0 aliphatic heterocycles. The van der Waals surface area contributed by atoms with Gasteiger partial charge in [-0.1, -0.05) is 13.8 Å². The molecule has 0 spiro atoms. The summed E-state index contributed by atoms with van der Waals surface area (Å²) in [4.78, 5) is 11.4. The van der Waals surface area contributed by atoms with Crippen LogP contribution in [0.25, 0.3) is 0 Å². The predicted molar refractivity (Wildman–Crippen MR) is 61.7 cm³/mol. The van der Waals surface area contributed by atoms with Gasteiger partial charge in [0.05, 0.1) is 6.61 Å². The second kappa shape index (κ2) is 8.12. The van der Waals surface area contributed by atoms with Gasteiger partial charge < -0.3 is 10.1 Å². The van der Waals surface area contributed by atoms with Crippen molar-refractivity contribution in [1.29, 1.82) is 0 Å². The van der Waals surface area contributed by atoms with E-state index in [0.29, 0.717) is 11.9 Å². The highest BCUT2D eigenvalue weighted by Crippen LogP contribution is 2.11. The fourth-order valence-corrected chi connectivity index (χ4v) is 1.89. The summed E-state index contributed by atoms with van der Waals surface area (Å²) in [7, 11) is 1.79. The smallest absolute Gasteiger partial charge is 0.323 e. The average molecular weight is 219 g/mol. The highest BCUT2D eigenvalue weighted by atomic mass is 32.2. The van der Waals surface area contributed by atoms with Crippen LogP contribution in [0.5, 0.6) is 0 Å². The van der Waals surface area contributed by atoms with Crippen molar-refractivity contribution in [3.05, 3.63) is 0 Å². The predicted octanol–water partition coefficient (Wildman–Crippen LogP) is 1.67. The van der Waals surface area contributed by atoms with E-state index in [0.717, 1.165) is 12.2 Å². The quantitative estimate of drug-likeness (QED) is 0.661. The van der Waals surface area contributed by atoms with E-state index >= 15 is 0 Å². The minimum absolute atomic E-state index is 0.139. The number of ether oxygens (including phenoxy) is 1. The molecular weight excluding hydrogens is 198 g/mol. The van der Waals surface area contributed by atoms with Crippen LogP contribution in [0, 0.1) is 0 Å². The van der Waals surface area contributed by atoms with Crippen LogP contribution in [-0.2, 0) is 9.53 Å². The van der Waals surface area contributed by atoms with Crippen molar-refractivity contribution in [3.8, 4) is 0 Å². The largest absolute Gasteiger partial charge is 0.465 e. The zero-order chi connectivity index (χ0) is 11.0. The summed E-state index contributed by atoms with van der Waals surface area (Å²) in [5.41, 5.74) is 0. The van der Waals surface area contributed by atoms with Gasteiger partial charge in [0.1, 0.15) is 6.04 Å². The van der Waals surface area contributed by atoms with Crippen LogP contribution >= 0.6 is 11.8 Å². The monoisotopic (exact) mass is 219 g/mol. The number of thioether (sulfide) groups is 1. The van der Waals surface area contributed by atoms with Crippen LogP contribution in [0.1, 0.15) is 27.2 Å². The number of nitrogens with one attached hydrogen (secondary N) is 1. The first kappa shape index (κ1) is 13.8. The van der Waals surface area contributed by atoms with Crippen LogP contribution in [0.15, 0.2) is 0 Å². The zero-order valence-corrected chi connectivity index (χ0v) is 10.3. The van der Waals surface area contributed by atoms with Crippen molar-refractivity contribution in [2.45, 2.75) is 38.5 Å². The number of hydrogen-bond acceptors (Lipinski definition) is 4. The number of esters is 1. The first-order valence-electron chi connectivity index (χ1n) is 5.07. The summed E-state index contributed by atoms with van der Waals surface area (Å²) in [6, 6.07) is -0.152. The molecule has 0 heterocycles. The third kappa shape index (κ3) is 6.27. The Bertz CT molecular complexity index is 162. The molecule has 0 radical (unpaired) electrons. The number of carbonyl (C=O) groups excluding carboxylic acids is 1. The molecule has 0 aliphatic rings. The Morgan fingerprint density at radius 3 is 2.57 bits per heavy atom. The highest BCUT2D eigenvalue weighted by molar-refractivity contribution is 7.99. The Kier molecular flexibility index (Phi) is 7.99. The third-order valence-electron chi connectivity index (χ3n) is 1.78. The second-order valence-electron chi connectivity index (χ2n) is 3.30. The third-order valence-corrected chi connectivity index (χ3v) is 2.92. The lowest BCUT2D eigenvalue weighted by molar-refractivity contribution is -0.145. The molecule has 1 unspecified atom stereocenters. The first-order chi connectivity index (χ1) is 6.61. The molecule has 0 fully saturated rings. The van der Waals surface area contributed by atoms with Gasteiger partial charge in [0.15, 0.2) is 0 Å². The Hall–Kier alpha value is -0.220. The summed E-state index contributed by atoms with van der Waals surface area (Å²) >= 11 is 1.86. The molecular formula is C10H21NO2S. The van der Waals surface area contributed by atoms with Gasteiger partial charge in [-0.25, -0.2) is 0 Å². The second-order valence-corrected chi connectivity index (χ2v) is 4.99. The summed E-state index contributed by atoms with van der Waals surface area (Å²) in [6.45, 7) is 6.59. The van der Waals surface area contributed by atoms with Gasteiger partial charge in [-0.3, -0.25) is 4.79 Å². The van der Waals surface area contributed by atoms with Gasteiger partial charge in [0.25, 0.3) is 0 Å². The molecule has 0 bridgehead atoms. The normalized spacial score (nSPS) is 12.9. The fraction of sp³-hybridized carbons (Fsp3) is 0.900. The van der Waals surface area contributed by atoms with Gasteiger partial charge in [-0.2, -0.15) is 11.8 Å². The van der Waals surface area contributed by atoms with Crippen LogP contribution in [0.2, 0.25) is 0 Å². The van der Waals surface area contributed by atoms with Crippen molar-refractivity contribution < 1.29 is 9.53 Å². The van der Waals surface area contributed by atoms with Gasteiger partial charge in [-0.15, -0.1) is 0 Å². The van der Waals surface area contributed by atoms with Gasteiger partial charge in [0, 0.05) is 0 Å². The average Bonchev–Trinajstić information content (AvgIpc) is 2.12. The van der Waals surface area contributed by atoms with Gasteiger partial charge in [-0.05, 0) is 31.4 Å². The minimum atomic E-state index is -0.152. The molecule has 4 heteroatoms. The first-order valence-corrected chi connectivity index (χ1v) is 6.12. The number of rotatable bonds is 7. The molecule has 3 nitrogen and oxygen atoms in total. The molecule has 14 heavy (non-hydrogen) atoms. The lowest BCUT2D eigenvalue weighted by Crippen LogP contribution is -2.36. The SMILES string of the molecule is CCOC(=O)C(CCSC(C)C)NC. The van der Waals surface area contributed by atoms with E-state index in [4.69, 9.17) is 4.74 Å². The molecule has 84 valence electrons. The summed E-state index contributed by atoms with van der Waals surface area (Å²) in [5.74, 6) is 0.849. The summed E-state index contributed by atoms with van der Waals surface area (Å²) < 4.78 is 4.94. The van der Waals surface area contributed by atoms with Gasteiger partial charge in [0.2, 0.25) is 0 Å². The van der Waals surface area contributed by atoms with Crippen molar-refractivity contribution >= 4 is 17.7 Å². The minimum Gasteiger partial charge on any atom is -0.465 e. The van der Waals surface area contributed by atoms with E-state index in [9.17, 15) is 4.79 Å². The van der Waals surface area contributed by atoms with E-state index in [-0.39, 0.29) is 12.0 Å². The van der Waals surface area contributed by atoms with Crippen molar-refractivity contribution in [3.63, 3.8) is 0 Å². The Morgan fingerprint density at radius 1 is 1.50 bits per heavy atom. The molecule has 0 aromatic carbocycles. The van der Waals surface area contributed by atoms with E-state index in [1.165, 1.54) is 0 Å². The van der Waals surface area contributed by atoms with Crippen molar-refractivity contribution in [2.75, 3.05) is 19.4 Å². The zero-order valence-electron chi connectivity index (χ0n) is 9.50. The van der Waals surface area contributed by atoms with E-state index in [1.807, 2.05) is 18.7 Å². The fourth-order valence-electron chi connectivity index (χ4n) is 1.04.